The number of nitrogens with zero attached hydrogens (tertiary/aromatic N) is 2. The quantitative estimate of drug-likeness (QED) is 0.705. The molecule has 4 rings (SSSR count). The maximum atomic E-state index is 6.73. The van der Waals surface area contributed by atoms with Crippen LogP contribution in [-0.4, -0.2) is 48.1 Å². The van der Waals surface area contributed by atoms with Crippen molar-refractivity contribution < 1.29 is 4.74 Å². The van der Waals surface area contributed by atoms with Gasteiger partial charge in [-0.3, -0.25) is 4.90 Å². The van der Waals surface area contributed by atoms with E-state index in [1.54, 1.807) is 0 Å². The number of likely N-dealkylation sites (N-methyl/N-ethyl adjacent to an activating group) is 1. The van der Waals surface area contributed by atoms with Gasteiger partial charge in [0.15, 0.2) is 0 Å². The highest BCUT2D eigenvalue weighted by molar-refractivity contribution is 5.35. The van der Waals surface area contributed by atoms with Crippen LogP contribution in [0, 0.1) is 5.92 Å². The van der Waals surface area contributed by atoms with Crippen LogP contribution in [0.5, 0.6) is 5.75 Å². The molecule has 1 atom stereocenters. The Kier molecular flexibility index (Phi) is 5.89. The minimum absolute atomic E-state index is 0.00747. The minimum atomic E-state index is 0.00747. The zero-order valence-electron chi connectivity index (χ0n) is 17.2. The van der Waals surface area contributed by atoms with E-state index in [9.17, 15) is 0 Å². The van der Waals surface area contributed by atoms with Crippen molar-refractivity contribution in [1.82, 2.24) is 9.80 Å². The van der Waals surface area contributed by atoms with Crippen LogP contribution in [0.2, 0.25) is 0 Å². The summed E-state index contributed by atoms with van der Waals surface area (Å²) in [5.74, 6) is 1.97. The van der Waals surface area contributed by atoms with E-state index in [4.69, 9.17) is 4.74 Å². The molecule has 1 aromatic carbocycles. The molecule has 0 N–H and O–H groups in total. The third-order valence-electron chi connectivity index (χ3n) is 7.07. The van der Waals surface area contributed by atoms with E-state index < -0.39 is 0 Å². The standard InChI is InChI=1S/C24H36N2O/c1-3-26-18-21-11-7-8-12-23(21)27-24(19-26)15-13-22(14-16-24)25(2)17-20-9-5-4-6-10-20/h4-5,7-8,11-12,20,22H,3,6,9-10,13-19H2,1-2H3. The predicted octanol–water partition coefficient (Wildman–Crippen LogP) is 4.87. The molecule has 2 aliphatic carbocycles. The molecule has 1 saturated carbocycles. The lowest BCUT2D eigenvalue weighted by Crippen LogP contribution is -2.51. The first-order valence-electron chi connectivity index (χ1n) is 11.0. The van der Waals surface area contributed by atoms with Gasteiger partial charge in [0, 0.05) is 31.2 Å². The molecular formula is C24H36N2O. The van der Waals surface area contributed by atoms with Crippen LogP contribution in [0.25, 0.3) is 0 Å². The predicted molar refractivity (Wildman–Crippen MR) is 112 cm³/mol. The summed E-state index contributed by atoms with van der Waals surface area (Å²) in [5.41, 5.74) is 1.36. The summed E-state index contributed by atoms with van der Waals surface area (Å²) >= 11 is 0. The number of fused-ring (bicyclic) bond motifs is 1. The highest BCUT2D eigenvalue weighted by Gasteiger charge is 2.41. The summed E-state index contributed by atoms with van der Waals surface area (Å²) < 4.78 is 6.73. The van der Waals surface area contributed by atoms with Crippen molar-refractivity contribution in [2.75, 3.05) is 26.7 Å². The normalized spacial score (nSPS) is 31.5. The van der Waals surface area contributed by atoms with Crippen molar-refractivity contribution in [1.29, 1.82) is 0 Å². The molecular weight excluding hydrogens is 332 g/mol. The van der Waals surface area contributed by atoms with Crippen molar-refractivity contribution in [3.63, 3.8) is 0 Å². The average molecular weight is 369 g/mol. The molecule has 0 bridgehead atoms. The molecule has 1 heterocycles. The second kappa shape index (κ2) is 8.36. The van der Waals surface area contributed by atoms with Crippen molar-refractivity contribution >= 4 is 0 Å². The molecule has 148 valence electrons. The third-order valence-corrected chi connectivity index (χ3v) is 7.07. The number of hydrogen-bond donors (Lipinski definition) is 0. The molecule has 1 fully saturated rings. The fourth-order valence-corrected chi connectivity index (χ4v) is 5.34. The van der Waals surface area contributed by atoms with Crippen LogP contribution in [0.15, 0.2) is 36.4 Å². The molecule has 1 aromatic rings. The molecule has 0 saturated heterocycles. The Balaban J connectivity index is 1.40. The third kappa shape index (κ3) is 4.41. The number of benzene rings is 1. The van der Waals surface area contributed by atoms with Gasteiger partial charge in [-0.1, -0.05) is 37.3 Å². The molecule has 3 aliphatic rings. The second-order valence-corrected chi connectivity index (χ2v) is 9.02. The molecule has 0 aromatic heterocycles. The Morgan fingerprint density at radius 1 is 1.15 bits per heavy atom. The largest absolute Gasteiger partial charge is 0.486 e. The monoisotopic (exact) mass is 368 g/mol. The minimum Gasteiger partial charge on any atom is -0.486 e. The molecule has 3 nitrogen and oxygen atoms in total. The lowest BCUT2D eigenvalue weighted by molar-refractivity contribution is -0.0152. The van der Waals surface area contributed by atoms with Gasteiger partial charge in [-0.25, -0.2) is 0 Å². The Hall–Kier alpha value is -1.32. The molecule has 1 aliphatic heterocycles. The summed E-state index contributed by atoms with van der Waals surface area (Å²) in [7, 11) is 2.35. The van der Waals surface area contributed by atoms with E-state index >= 15 is 0 Å². The number of rotatable bonds is 4. The second-order valence-electron chi connectivity index (χ2n) is 9.02. The van der Waals surface area contributed by atoms with Crippen LogP contribution in [0.1, 0.15) is 57.4 Å². The maximum absolute atomic E-state index is 6.73. The van der Waals surface area contributed by atoms with E-state index in [-0.39, 0.29) is 5.60 Å². The Labute approximate surface area is 165 Å². The van der Waals surface area contributed by atoms with Gasteiger partial charge in [0.25, 0.3) is 0 Å². The smallest absolute Gasteiger partial charge is 0.124 e. The first-order valence-corrected chi connectivity index (χ1v) is 11.0. The van der Waals surface area contributed by atoms with Gasteiger partial charge in [0.05, 0.1) is 0 Å². The average Bonchev–Trinajstić information content (AvgIpc) is 2.85. The zero-order valence-corrected chi connectivity index (χ0v) is 17.2. The van der Waals surface area contributed by atoms with Crippen LogP contribution >= 0.6 is 0 Å². The van der Waals surface area contributed by atoms with Gasteiger partial charge in [-0.2, -0.15) is 0 Å². The fraction of sp³-hybridized carbons (Fsp3) is 0.667. The summed E-state index contributed by atoms with van der Waals surface area (Å²) in [5, 5.41) is 0. The van der Waals surface area contributed by atoms with Gasteiger partial charge >= 0.3 is 0 Å². The fourth-order valence-electron chi connectivity index (χ4n) is 5.34. The van der Waals surface area contributed by atoms with Gasteiger partial charge in [-0.15, -0.1) is 0 Å². The van der Waals surface area contributed by atoms with Crippen molar-refractivity contribution in [2.24, 2.45) is 5.92 Å². The first-order chi connectivity index (χ1) is 13.2. The lowest BCUT2D eigenvalue weighted by Gasteiger charge is -2.44. The van der Waals surface area contributed by atoms with Gasteiger partial charge < -0.3 is 9.64 Å². The SMILES string of the molecule is CCN1Cc2ccccc2OC2(CCC(N(C)CC3CC=CCC3)CC2)C1. The molecule has 1 spiro atoms. The van der Waals surface area contributed by atoms with E-state index in [1.165, 1.54) is 57.1 Å². The van der Waals surface area contributed by atoms with Crippen LogP contribution in [0.4, 0.5) is 0 Å². The van der Waals surface area contributed by atoms with E-state index in [1.807, 2.05) is 0 Å². The molecule has 0 amide bonds. The maximum Gasteiger partial charge on any atom is 0.124 e. The zero-order chi connectivity index (χ0) is 18.7. The van der Waals surface area contributed by atoms with Gasteiger partial charge in [0.1, 0.15) is 11.4 Å². The number of hydrogen-bond acceptors (Lipinski definition) is 3. The number of ether oxygens (including phenoxy) is 1. The molecule has 1 unspecified atom stereocenters. The summed E-state index contributed by atoms with van der Waals surface area (Å²) in [4.78, 5) is 5.23. The topological polar surface area (TPSA) is 15.7 Å². The molecule has 3 heteroatoms. The number of para-hydroxylation sites is 1. The number of allylic oxidation sites excluding steroid dienone is 2. The van der Waals surface area contributed by atoms with Crippen LogP contribution in [-0.2, 0) is 6.54 Å². The van der Waals surface area contributed by atoms with Crippen molar-refractivity contribution in [2.45, 2.75) is 70.1 Å². The highest BCUT2D eigenvalue weighted by Crippen LogP contribution is 2.39. The Morgan fingerprint density at radius 3 is 2.70 bits per heavy atom. The van der Waals surface area contributed by atoms with Gasteiger partial charge in [-0.05, 0) is 70.5 Å². The Morgan fingerprint density at radius 2 is 1.96 bits per heavy atom. The molecule has 0 radical (unpaired) electrons. The van der Waals surface area contributed by atoms with E-state index in [0.29, 0.717) is 0 Å². The van der Waals surface area contributed by atoms with E-state index in [0.717, 1.165) is 37.3 Å². The van der Waals surface area contributed by atoms with Crippen LogP contribution < -0.4 is 4.74 Å². The van der Waals surface area contributed by atoms with Crippen molar-refractivity contribution in [3.8, 4) is 5.75 Å². The lowest BCUT2D eigenvalue weighted by atomic mass is 9.80. The Bertz CT molecular complexity index is 648. The van der Waals surface area contributed by atoms with Gasteiger partial charge in [0.2, 0.25) is 0 Å². The summed E-state index contributed by atoms with van der Waals surface area (Å²) in [6, 6.07) is 9.38. The highest BCUT2D eigenvalue weighted by atomic mass is 16.5. The summed E-state index contributed by atoms with van der Waals surface area (Å²) in [6.45, 7) is 6.72. The summed E-state index contributed by atoms with van der Waals surface area (Å²) in [6.07, 6.45) is 13.5. The van der Waals surface area contributed by atoms with Crippen LogP contribution in [0.3, 0.4) is 0 Å². The molecule has 27 heavy (non-hydrogen) atoms. The first kappa shape index (κ1) is 19.0. The van der Waals surface area contributed by atoms with Crippen molar-refractivity contribution in [3.05, 3.63) is 42.0 Å². The van der Waals surface area contributed by atoms with E-state index in [2.05, 4.69) is 60.2 Å².